The van der Waals surface area contributed by atoms with Crippen LogP contribution < -0.4 is 15.7 Å². The summed E-state index contributed by atoms with van der Waals surface area (Å²) < 4.78 is 15.4. The van der Waals surface area contributed by atoms with Gasteiger partial charge >= 0.3 is 11.6 Å². The van der Waals surface area contributed by atoms with Crippen molar-refractivity contribution in [2.45, 2.75) is 13.0 Å². The smallest absolute Gasteiger partial charge is 0.344 e. The summed E-state index contributed by atoms with van der Waals surface area (Å²) in [4.78, 5) is 39.1. The van der Waals surface area contributed by atoms with Gasteiger partial charge in [0, 0.05) is 23.7 Å². The Labute approximate surface area is 164 Å². The van der Waals surface area contributed by atoms with Crippen molar-refractivity contribution in [3.63, 3.8) is 0 Å². The van der Waals surface area contributed by atoms with E-state index in [-0.39, 0.29) is 5.15 Å². The van der Waals surface area contributed by atoms with E-state index in [1.807, 2.05) is 0 Å². The molecule has 2 aromatic heterocycles. The van der Waals surface area contributed by atoms with Crippen molar-refractivity contribution in [2.75, 3.05) is 11.9 Å². The number of carbonyl (C=O) groups is 2. The second kappa shape index (κ2) is 8.53. The van der Waals surface area contributed by atoms with E-state index in [0.29, 0.717) is 22.4 Å². The number of anilines is 1. The highest BCUT2D eigenvalue weighted by atomic mass is 35.5. The van der Waals surface area contributed by atoms with E-state index in [2.05, 4.69) is 10.3 Å². The Hall–Kier alpha value is -3.39. The summed E-state index contributed by atoms with van der Waals surface area (Å²) in [5.41, 5.74) is 0.156. The van der Waals surface area contributed by atoms with Crippen molar-refractivity contribution in [1.82, 2.24) is 4.98 Å². The van der Waals surface area contributed by atoms with Crippen molar-refractivity contribution in [1.29, 1.82) is 0 Å². The lowest BCUT2D eigenvalue weighted by atomic mass is 10.2. The molecule has 2 heterocycles. The van der Waals surface area contributed by atoms with Crippen LogP contribution in [0.15, 0.2) is 57.9 Å². The van der Waals surface area contributed by atoms with Gasteiger partial charge in [0.15, 0.2) is 17.9 Å². The van der Waals surface area contributed by atoms with Crippen LogP contribution in [-0.4, -0.2) is 29.6 Å². The maximum absolute atomic E-state index is 12.1. The second-order valence-electron chi connectivity index (χ2n) is 5.71. The van der Waals surface area contributed by atoms with E-state index < -0.39 is 30.2 Å². The van der Waals surface area contributed by atoms with Crippen LogP contribution in [0.4, 0.5) is 5.69 Å². The molecule has 0 bridgehead atoms. The molecule has 28 heavy (non-hydrogen) atoms. The summed E-state index contributed by atoms with van der Waals surface area (Å²) in [6, 6.07) is 10.9. The number of pyridine rings is 1. The summed E-state index contributed by atoms with van der Waals surface area (Å²) in [6.45, 7) is 0.996. The quantitative estimate of drug-likeness (QED) is 0.383. The number of nitrogens with one attached hydrogen (secondary N) is 1. The Morgan fingerprint density at radius 3 is 2.82 bits per heavy atom. The molecule has 3 rings (SSSR count). The Balaban J connectivity index is 1.54. The van der Waals surface area contributed by atoms with Crippen molar-refractivity contribution < 1.29 is 23.5 Å². The summed E-state index contributed by atoms with van der Waals surface area (Å²) in [6.07, 6.45) is 0.415. The first-order valence-electron chi connectivity index (χ1n) is 8.20. The largest absolute Gasteiger partial charge is 0.482 e. The number of hydrogen-bond acceptors (Lipinski definition) is 7. The Morgan fingerprint density at radius 1 is 1.25 bits per heavy atom. The monoisotopic (exact) mass is 402 g/mol. The number of rotatable bonds is 6. The van der Waals surface area contributed by atoms with Gasteiger partial charge in [0.2, 0.25) is 0 Å². The van der Waals surface area contributed by atoms with Crippen molar-refractivity contribution >= 4 is 40.1 Å². The van der Waals surface area contributed by atoms with Gasteiger partial charge < -0.3 is 19.2 Å². The van der Waals surface area contributed by atoms with Crippen LogP contribution in [-0.2, 0) is 14.3 Å². The maximum Gasteiger partial charge on any atom is 0.344 e. The van der Waals surface area contributed by atoms with Gasteiger partial charge in [-0.1, -0.05) is 11.6 Å². The first-order chi connectivity index (χ1) is 13.4. The Morgan fingerprint density at radius 2 is 2.04 bits per heavy atom. The van der Waals surface area contributed by atoms with Crippen LogP contribution >= 0.6 is 11.6 Å². The van der Waals surface area contributed by atoms with Gasteiger partial charge in [-0.15, -0.1) is 0 Å². The van der Waals surface area contributed by atoms with Gasteiger partial charge in [-0.3, -0.25) is 4.79 Å². The number of nitrogens with zero attached hydrogens (tertiary/aromatic N) is 1. The molecule has 0 spiro atoms. The molecule has 0 saturated carbocycles. The van der Waals surface area contributed by atoms with Gasteiger partial charge in [-0.05, 0) is 37.3 Å². The molecule has 0 aliphatic heterocycles. The Bertz CT molecular complexity index is 1080. The third kappa shape index (κ3) is 4.86. The standard InChI is InChI=1S/C19H15ClN2O6/c1-11(19(25)22-14-3-2-8-21-18(14)20)27-17(24)10-26-13-6-4-12-5-7-16(23)28-15(12)9-13/h2-9,11H,10H2,1H3,(H,22,25). The zero-order valence-electron chi connectivity index (χ0n) is 14.7. The second-order valence-corrected chi connectivity index (χ2v) is 6.06. The molecule has 1 N–H and O–H groups in total. The molecule has 0 aliphatic rings. The molecule has 144 valence electrons. The molecule has 1 unspecified atom stereocenters. The lowest BCUT2D eigenvalue weighted by Crippen LogP contribution is -2.31. The van der Waals surface area contributed by atoms with Gasteiger partial charge in [-0.2, -0.15) is 0 Å². The van der Waals surface area contributed by atoms with Crippen LogP contribution in [0.5, 0.6) is 5.75 Å². The normalized spacial score (nSPS) is 11.6. The van der Waals surface area contributed by atoms with Crippen molar-refractivity contribution in [2.24, 2.45) is 0 Å². The highest BCUT2D eigenvalue weighted by molar-refractivity contribution is 6.32. The molecule has 3 aromatic rings. The van der Waals surface area contributed by atoms with E-state index in [0.717, 1.165) is 0 Å². The number of aromatic nitrogens is 1. The lowest BCUT2D eigenvalue weighted by molar-refractivity contribution is -0.155. The Kier molecular flexibility index (Phi) is 5.90. The predicted molar refractivity (Wildman–Crippen MR) is 101 cm³/mol. The molecule has 0 saturated heterocycles. The van der Waals surface area contributed by atoms with Gasteiger partial charge in [0.1, 0.15) is 11.3 Å². The average Bonchev–Trinajstić information content (AvgIpc) is 2.67. The number of amides is 1. The van der Waals surface area contributed by atoms with Crippen LogP contribution in [0.25, 0.3) is 11.0 Å². The lowest BCUT2D eigenvalue weighted by Gasteiger charge is -2.14. The zero-order chi connectivity index (χ0) is 20.1. The highest BCUT2D eigenvalue weighted by Gasteiger charge is 2.19. The van der Waals surface area contributed by atoms with E-state index in [1.54, 1.807) is 30.3 Å². The van der Waals surface area contributed by atoms with Gasteiger partial charge in [0.05, 0.1) is 5.69 Å². The van der Waals surface area contributed by atoms with Crippen LogP contribution in [0.1, 0.15) is 6.92 Å². The summed E-state index contributed by atoms with van der Waals surface area (Å²) >= 11 is 5.87. The van der Waals surface area contributed by atoms with Gasteiger partial charge in [-0.25, -0.2) is 14.6 Å². The first-order valence-corrected chi connectivity index (χ1v) is 8.58. The van der Waals surface area contributed by atoms with Crippen molar-refractivity contribution in [3.8, 4) is 5.75 Å². The minimum absolute atomic E-state index is 0.126. The van der Waals surface area contributed by atoms with Crippen molar-refractivity contribution in [3.05, 3.63) is 64.2 Å². The molecule has 0 aliphatic carbocycles. The molecule has 0 fully saturated rings. The van der Waals surface area contributed by atoms with Crippen LogP contribution in [0, 0.1) is 0 Å². The zero-order valence-corrected chi connectivity index (χ0v) is 15.4. The topological polar surface area (TPSA) is 108 Å². The van der Waals surface area contributed by atoms with Crippen LogP contribution in [0.2, 0.25) is 5.15 Å². The van der Waals surface area contributed by atoms with E-state index in [9.17, 15) is 14.4 Å². The number of hydrogen-bond donors (Lipinski definition) is 1. The predicted octanol–water partition coefficient (Wildman–Crippen LogP) is 2.79. The maximum atomic E-state index is 12.1. The summed E-state index contributed by atoms with van der Waals surface area (Å²) in [5, 5.41) is 3.36. The molecule has 0 radical (unpaired) electrons. The number of esters is 1. The van der Waals surface area contributed by atoms with E-state index >= 15 is 0 Å². The molecule has 9 heteroatoms. The third-order valence-corrected chi connectivity index (χ3v) is 3.95. The summed E-state index contributed by atoms with van der Waals surface area (Å²) in [7, 11) is 0. The van der Waals surface area contributed by atoms with Crippen LogP contribution in [0.3, 0.4) is 0 Å². The SMILES string of the molecule is CC(OC(=O)COc1ccc2ccc(=O)oc2c1)C(=O)Nc1cccnc1Cl. The minimum Gasteiger partial charge on any atom is -0.482 e. The van der Waals surface area contributed by atoms with E-state index in [4.69, 9.17) is 25.5 Å². The molecule has 1 atom stereocenters. The van der Waals surface area contributed by atoms with Gasteiger partial charge in [0.25, 0.3) is 5.91 Å². The number of fused-ring (bicyclic) bond motifs is 1. The number of benzene rings is 1. The number of carbonyl (C=O) groups excluding carboxylic acids is 2. The average molecular weight is 403 g/mol. The fraction of sp³-hybridized carbons (Fsp3) is 0.158. The molecule has 1 amide bonds. The molecular formula is C19H15ClN2O6. The fourth-order valence-corrected chi connectivity index (χ4v) is 2.44. The molecular weight excluding hydrogens is 388 g/mol. The fourth-order valence-electron chi connectivity index (χ4n) is 2.27. The molecule has 1 aromatic carbocycles. The molecule has 8 nitrogen and oxygen atoms in total. The minimum atomic E-state index is -1.07. The number of halogens is 1. The highest BCUT2D eigenvalue weighted by Crippen LogP contribution is 2.20. The summed E-state index contributed by atoms with van der Waals surface area (Å²) in [5.74, 6) is -0.983. The first kappa shape index (κ1) is 19.4. The third-order valence-electron chi connectivity index (χ3n) is 3.65. The number of ether oxygens (including phenoxy) is 2. The van der Waals surface area contributed by atoms with E-state index in [1.165, 1.54) is 25.3 Å².